The van der Waals surface area contributed by atoms with E-state index in [9.17, 15) is 4.79 Å². The second-order valence-corrected chi connectivity index (χ2v) is 7.84. The van der Waals surface area contributed by atoms with Crippen LogP contribution in [0.1, 0.15) is 70.8 Å². The van der Waals surface area contributed by atoms with Crippen molar-refractivity contribution < 1.29 is 9.53 Å². The summed E-state index contributed by atoms with van der Waals surface area (Å²) >= 11 is 0. The summed E-state index contributed by atoms with van der Waals surface area (Å²) in [5, 5.41) is 0. The maximum absolute atomic E-state index is 11.6. The van der Waals surface area contributed by atoms with Crippen molar-refractivity contribution in [1.29, 1.82) is 0 Å². The molecule has 2 aromatic carbocycles. The summed E-state index contributed by atoms with van der Waals surface area (Å²) in [7, 11) is 0. The topological polar surface area (TPSA) is 26.3 Å². The molecule has 0 saturated carbocycles. The molecule has 1 unspecified atom stereocenters. The molecule has 0 aliphatic heterocycles. The molecule has 28 heavy (non-hydrogen) atoms. The molecule has 148 valence electrons. The summed E-state index contributed by atoms with van der Waals surface area (Å²) in [5.74, 6) is 1.33. The van der Waals surface area contributed by atoms with Crippen molar-refractivity contribution in [1.82, 2.24) is 0 Å². The Morgan fingerprint density at radius 1 is 0.929 bits per heavy atom. The highest BCUT2D eigenvalue weighted by Gasteiger charge is 2.15. The van der Waals surface area contributed by atoms with Crippen LogP contribution in [0.15, 0.2) is 54.6 Å². The van der Waals surface area contributed by atoms with E-state index in [0.29, 0.717) is 12.2 Å². The fourth-order valence-corrected chi connectivity index (χ4v) is 3.88. The first-order valence-corrected chi connectivity index (χ1v) is 10.8. The summed E-state index contributed by atoms with van der Waals surface area (Å²) in [6.07, 6.45) is 11.5. The first-order chi connectivity index (χ1) is 13.7. The quantitative estimate of drug-likeness (QED) is 0.353. The van der Waals surface area contributed by atoms with E-state index in [2.05, 4.69) is 37.3 Å². The number of hydrogen-bond donors (Lipinski definition) is 0. The Hall–Kier alpha value is -2.35. The molecule has 2 aromatic rings. The van der Waals surface area contributed by atoms with Crippen molar-refractivity contribution >= 4 is 11.5 Å². The minimum Gasteiger partial charge on any atom is -0.427 e. The minimum atomic E-state index is -0.169. The monoisotopic (exact) mass is 376 g/mol. The number of allylic oxidation sites excluding steroid dienone is 2. The molecule has 0 bridgehead atoms. The third-order valence-corrected chi connectivity index (χ3v) is 5.61. The first-order valence-electron chi connectivity index (χ1n) is 10.8. The van der Waals surface area contributed by atoms with Gasteiger partial charge in [-0.3, -0.25) is 4.79 Å². The largest absolute Gasteiger partial charge is 0.427 e. The van der Waals surface area contributed by atoms with Gasteiger partial charge in [0, 0.05) is 6.42 Å². The number of esters is 1. The van der Waals surface area contributed by atoms with E-state index in [1.54, 1.807) is 0 Å². The fraction of sp³-hybridized carbons (Fsp3) is 0.423. The van der Waals surface area contributed by atoms with Crippen LogP contribution in [0.4, 0.5) is 0 Å². The highest BCUT2D eigenvalue weighted by atomic mass is 16.5. The highest BCUT2D eigenvalue weighted by molar-refractivity contribution is 5.73. The number of unbranched alkanes of at least 4 members (excludes halogenated alkanes) is 1. The number of ether oxygens (including phenoxy) is 1. The van der Waals surface area contributed by atoms with Gasteiger partial charge in [0.1, 0.15) is 5.75 Å². The second-order valence-electron chi connectivity index (χ2n) is 7.84. The molecule has 2 heteroatoms. The Labute approximate surface area is 169 Å². The molecule has 0 heterocycles. The van der Waals surface area contributed by atoms with Gasteiger partial charge in [0.15, 0.2) is 0 Å². The molecule has 0 saturated heterocycles. The van der Waals surface area contributed by atoms with E-state index in [0.717, 1.165) is 17.9 Å². The van der Waals surface area contributed by atoms with E-state index in [1.165, 1.54) is 55.2 Å². The van der Waals surface area contributed by atoms with E-state index >= 15 is 0 Å². The second kappa shape index (κ2) is 10.3. The maximum Gasteiger partial charge on any atom is 0.311 e. The van der Waals surface area contributed by atoms with Crippen molar-refractivity contribution in [3.05, 3.63) is 60.2 Å². The summed E-state index contributed by atoms with van der Waals surface area (Å²) in [5.41, 5.74) is 5.17. The van der Waals surface area contributed by atoms with Crippen LogP contribution in [0.5, 0.6) is 5.75 Å². The first kappa shape index (κ1) is 20.4. The van der Waals surface area contributed by atoms with Gasteiger partial charge in [0.25, 0.3) is 0 Å². The summed E-state index contributed by atoms with van der Waals surface area (Å²) in [4.78, 5) is 11.6. The van der Waals surface area contributed by atoms with Crippen LogP contribution in [0.25, 0.3) is 16.7 Å². The lowest BCUT2D eigenvalue weighted by Crippen LogP contribution is -2.06. The van der Waals surface area contributed by atoms with Crippen molar-refractivity contribution in [3.8, 4) is 16.9 Å². The van der Waals surface area contributed by atoms with Crippen LogP contribution in [0, 0.1) is 5.92 Å². The van der Waals surface area contributed by atoms with Gasteiger partial charge in [-0.15, -0.1) is 0 Å². The Bertz CT molecular complexity index is 784. The lowest BCUT2D eigenvalue weighted by Gasteiger charge is -2.22. The van der Waals surface area contributed by atoms with Crippen molar-refractivity contribution in [2.24, 2.45) is 5.92 Å². The van der Waals surface area contributed by atoms with Crippen molar-refractivity contribution in [2.45, 2.75) is 65.2 Å². The molecule has 0 fully saturated rings. The predicted octanol–water partition coefficient (Wildman–Crippen LogP) is 7.43. The third kappa shape index (κ3) is 5.58. The fourth-order valence-electron chi connectivity index (χ4n) is 3.88. The van der Waals surface area contributed by atoms with Gasteiger partial charge in [-0.1, -0.05) is 75.6 Å². The van der Waals surface area contributed by atoms with Gasteiger partial charge in [0.2, 0.25) is 0 Å². The van der Waals surface area contributed by atoms with Gasteiger partial charge >= 0.3 is 5.97 Å². The maximum atomic E-state index is 11.6. The number of hydrogen-bond acceptors (Lipinski definition) is 2. The van der Waals surface area contributed by atoms with Crippen LogP contribution in [-0.2, 0) is 4.79 Å². The van der Waals surface area contributed by atoms with Gasteiger partial charge in [0.05, 0.1) is 0 Å². The van der Waals surface area contributed by atoms with Crippen LogP contribution < -0.4 is 4.74 Å². The van der Waals surface area contributed by atoms with Crippen molar-refractivity contribution in [3.63, 3.8) is 0 Å². The number of carbonyl (C=O) groups excluding carboxylic acids is 1. The molecular formula is C26H32O2. The van der Waals surface area contributed by atoms with Gasteiger partial charge in [-0.25, -0.2) is 0 Å². The molecule has 1 aliphatic carbocycles. The zero-order chi connectivity index (χ0) is 19.8. The average molecular weight is 377 g/mol. The van der Waals surface area contributed by atoms with E-state index in [-0.39, 0.29) is 5.97 Å². The molecule has 0 amide bonds. The molecule has 0 aromatic heterocycles. The Morgan fingerprint density at radius 2 is 1.57 bits per heavy atom. The van der Waals surface area contributed by atoms with E-state index in [4.69, 9.17) is 4.74 Å². The molecule has 2 nitrogen and oxygen atoms in total. The Kier molecular flexibility index (Phi) is 7.47. The van der Waals surface area contributed by atoms with Gasteiger partial charge in [-0.05, 0) is 66.0 Å². The third-order valence-electron chi connectivity index (χ3n) is 5.61. The standard InChI is InChI=1S/C26H32O2/c1-3-5-7-20-8-10-21(11-9-20)22-12-14-23(15-13-22)24-16-18-25(19-17-24)28-26(27)6-4-2/h10,12-20H,3-9,11H2,1-2H3. The lowest BCUT2D eigenvalue weighted by molar-refractivity contribution is -0.134. The van der Waals surface area contributed by atoms with Crippen LogP contribution >= 0.6 is 0 Å². The summed E-state index contributed by atoms with van der Waals surface area (Å²) < 4.78 is 5.33. The molecule has 1 atom stereocenters. The van der Waals surface area contributed by atoms with Crippen LogP contribution in [-0.4, -0.2) is 5.97 Å². The average Bonchev–Trinajstić information content (AvgIpc) is 2.73. The zero-order valence-corrected chi connectivity index (χ0v) is 17.2. The smallest absolute Gasteiger partial charge is 0.311 e. The van der Waals surface area contributed by atoms with Crippen molar-refractivity contribution in [2.75, 3.05) is 0 Å². The Morgan fingerprint density at radius 3 is 2.14 bits per heavy atom. The summed E-state index contributed by atoms with van der Waals surface area (Å²) in [6.45, 7) is 4.25. The number of benzene rings is 2. The van der Waals surface area contributed by atoms with E-state index in [1.807, 2.05) is 31.2 Å². The van der Waals surface area contributed by atoms with Gasteiger partial charge < -0.3 is 4.74 Å². The SMILES string of the molecule is CCCCC1CC=C(c2ccc(-c3ccc(OC(=O)CCC)cc3)cc2)CC1. The molecule has 0 radical (unpaired) electrons. The number of carbonyl (C=O) groups is 1. The molecule has 0 spiro atoms. The Balaban J connectivity index is 1.61. The highest BCUT2D eigenvalue weighted by Crippen LogP contribution is 2.33. The van der Waals surface area contributed by atoms with E-state index < -0.39 is 0 Å². The van der Waals surface area contributed by atoms with Crippen LogP contribution in [0.2, 0.25) is 0 Å². The zero-order valence-electron chi connectivity index (χ0n) is 17.2. The normalized spacial score (nSPS) is 16.5. The molecule has 1 aliphatic rings. The molecular weight excluding hydrogens is 344 g/mol. The van der Waals surface area contributed by atoms with Crippen LogP contribution in [0.3, 0.4) is 0 Å². The van der Waals surface area contributed by atoms with Gasteiger partial charge in [-0.2, -0.15) is 0 Å². The lowest BCUT2D eigenvalue weighted by atomic mass is 9.84. The molecule has 3 rings (SSSR count). The number of rotatable bonds is 8. The molecule has 0 N–H and O–H groups in total. The summed E-state index contributed by atoms with van der Waals surface area (Å²) in [6, 6.07) is 16.6. The predicted molar refractivity (Wildman–Crippen MR) is 117 cm³/mol. The minimum absolute atomic E-state index is 0.169.